The van der Waals surface area contributed by atoms with Gasteiger partial charge in [-0.2, -0.15) is 5.10 Å². The number of primary amides is 1. The smallest absolute Gasteiger partial charge is 0.269 e. The number of nitrogens with zero attached hydrogens (tertiary/aromatic N) is 2. The van der Waals surface area contributed by atoms with Crippen molar-refractivity contribution in [1.29, 1.82) is 0 Å². The molecule has 0 radical (unpaired) electrons. The van der Waals surface area contributed by atoms with Crippen LogP contribution < -0.4 is 21.9 Å². The van der Waals surface area contributed by atoms with Crippen LogP contribution in [0.2, 0.25) is 0 Å². The third-order valence-electron chi connectivity index (χ3n) is 3.57. The summed E-state index contributed by atoms with van der Waals surface area (Å²) in [6, 6.07) is 2.88. The number of amides is 1. The van der Waals surface area contributed by atoms with Crippen molar-refractivity contribution in [2.24, 2.45) is 11.5 Å². The molecular weight excluding hydrogens is 325 g/mol. The summed E-state index contributed by atoms with van der Waals surface area (Å²) in [6.45, 7) is 5.96. The van der Waals surface area contributed by atoms with Crippen LogP contribution in [0.4, 0.5) is 10.1 Å². The lowest BCUT2D eigenvalue weighted by molar-refractivity contribution is 0.0993. The molecule has 0 saturated heterocycles. The van der Waals surface area contributed by atoms with Gasteiger partial charge in [-0.3, -0.25) is 4.79 Å². The Morgan fingerprint density at radius 1 is 1.40 bits per heavy atom. The van der Waals surface area contributed by atoms with Gasteiger partial charge in [-0.25, -0.2) is 9.07 Å². The van der Waals surface area contributed by atoms with Gasteiger partial charge in [0.05, 0.1) is 18.0 Å². The molecule has 0 aliphatic heterocycles. The Morgan fingerprint density at radius 3 is 2.52 bits per heavy atom. The first kappa shape index (κ1) is 20.4. The lowest BCUT2D eigenvalue weighted by atomic mass is 10.1. The number of aromatic nitrogens is 2. The van der Waals surface area contributed by atoms with Crippen LogP contribution in [0.1, 0.15) is 55.9 Å². The summed E-state index contributed by atoms with van der Waals surface area (Å²) in [5.74, 6) is -1.26. The maximum absolute atomic E-state index is 14.7. The van der Waals surface area contributed by atoms with Gasteiger partial charge < -0.3 is 21.9 Å². The first-order valence-corrected chi connectivity index (χ1v) is 7.65. The number of carbonyl (C=O) groups is 1. The third kappa shape index (κ3) is 3.74. The number of hydrogen-bond acceptors (Lipinski definition) is 5. The highest BCUT2D eigenvalue weighted by Crippen LogP contribution is 2.33. The Bertz CT molecular complexity index is 771. The van der Waals surface area contributed by atoms with Crippen molar-refractivity contribution < 1.29 is 13.9 Å². The minimum Gasteiger partial charge on any atom is -0.491 e. The summed E-state index contributed by atoms with van der Waals surface area (Å²) in [7, 11) is 0. The molecule has 8 heteroatoms. The van der Waals surface area contributed by atoms with Gasteiger partial charge in [0.15, 0.2) is 11.5 Å². The molecule has 1 amide bonds. The number of ether oxygens (including phenoxy) is 1. The van der Waals surface area contributed by atoms with Crippen LogP contribution in [0.15, 0.2) is 12.1 Å². The van der Waals surface area contributed by atoms with E-state index in [4.69, 9.17) is 21.9 Å². The molecule has 0 aliphatic carbocycles. The van der Waals surface area contributed by atoms with E-state index in [1.807, 2.05) is 13.8 Å². The largest absolute Gasteiger partial charge is 0.491 e. The second-order valence-corrected chi connectivity index (χ2v) is 5.64. The number of nitrogens with two attached hydrogens (primary N) is 3. The van der Waals surface area contributed by atoms with Gasteiger partial charge in [-0.05, 0) is 30.5 Å². The molecule has 25 heavy (non-hydrogen) atoms. The first-order chi connectivity index (χ1) is 11.3. The molecular formula is C17H26FN5O2. The Hall–Kier alpha value is -2.61. The number of anilines is 1. The summed E-state index contributed by atoms with van der Waals surface area (Å²) in [6.07, 6.45) is 0. The lowest BCUT2D eigenvalue weighted by Crippen LogP contribution is -2.19. The standard InChI is InChI=1S/C16H22FN5O2.CH4/c1-4-24-11-6-9(7-18)5-10(17)14(11)22-15(16(20)23)12(19)13(21-22)8(2)3;/h5-6,8H,4,7,18-19H2,1-3H3,(H2,20,23);1H4. The van der Waals surface area contributed by atoms with Crippen molar-refractivity contribution in [1.82, 2.24) is 9.78 Å². The number of nitrogen functional groups attached to an aromatic ring is 1. The summed E-state index contributed by atoms with van der Waals surface area (Å²) in [4.78, 5) is 11.9. The van der Waals surface area contributed by atoms with Crippen LogP contribution in [0, 0.1) is 5.82 Å². The van der Waals surface area contributed by atoms with E-state index >= 15 is 0 Å². The minimum absolute atomic E-state index is 0. The van der Waals surface area contributed by atoms with Crippen molar-refractivity contribution in [2.45, 2.75) is 40.7 Å². The Balaban J connectivity index is 0.00000312. The predicted molar refractivity (Wildman–Crippen MR) is 96.3 cm³/mol. The molecule has 0 bridgehead atoms. The van der Waals surface area contributed by atoms with E-state index in [0.29, 0.717) is 17.9 Å². The van der Waals surface area contributed by atoms with E-state index in [2.05, 4.69) is 5.10 Å². The fraction of sp³-hybridized carbons (Fsp3) is 0.412. The summed E-state index contributed by atoms with van der Waals surface area (Å²) in [5.41, 5.74) is 18.1. The Morgan fingerprint density at radius 2 is 2.04 bits per heavy atom. The van der Waals surface area contributed by atoms with Crippen LogP contribution in [-0.4, -0.2) is 22.3 Å². The van der Waals surface area contributed by atoms with E-state index in [9.17, 15) is 9.18 Å². The van der Waals surface area contributed by atoms with Crippen LogP contribution in [-0.2, 0) is 6.54 Å². The molecule has 2 rings (SSSR count). The van der Waals surface area contributed by atoms with E-state index < -0.39 is 11.7 Å². The fourth-order valence-corrected chi connectivity index (χ4v) is 2.49. The highest BCUT2D eigenvalue weighted by molar-refractivity contribution is 5.97. The van der Waals surface area contributed by atoms with Gasteiger partial charge in [-0.15, -0.1) is 0 Å². The SMILES string of the molecule is C.CCOc1cc(CN)cc(F)c1-n1nc(C(C)C)c(N)c1C(N)=O. The van der Waals surface area contributed by atoms with Crippen LogP contribution in [0.25, 0.3) is 5.69 Å². The van der Waals surface area contributed by atoms with Crippen LogP contribution >= 0.6 is 0 Å². The highest BCUT2D eigenvalue weighted by atomic mass is 19.1. The Labute approximate surface area is 146 Å². The minimum atomic E-state index is -0.795. The molecule has 1 heterocycles. The number of benzene rings is 1. The van der Waals surface area contributed by atoms with Crippen molar-refractivity contribution in [3.63, 3.8) is 0 Å². The average molecular weight is 351 g/mol. The summed E-state index contributed by atoms with van der Waals surface area (Å²) >= 11 is 0. The Kier molecular flexibility index (Phi) is 6.52. The van der Waals surface area contributed by atoms with Crippen LogP contribution in [0.5, 0.6) is 5.75 Å². The topological polar surface area (TPSA) is 122 Å². The fourth-order valence-electron chi connectivity index (χ4n) is 2.49. The number of halogens is 1. The van der Waals surface area contributed by atoms with Gasteiger partial charge in [0.25, 0.3) is 5.91 Å². The van der Waals surface area contributed by atoms with Gasteiger partial charge in [0.2, 0.25) is 0 Å². The van der Waals surface area contributed by atoms with E-state index in [-0.39, 0.29) is 42.7 Å². The number of hydrogen-bond donors (Lipinski definition) is 3. The zero-order valence-electron chi connectivity index (χ0n) is 14.0. The number of rotatable bonds is 6. The normalized spacial score (nSPS) is 10.6. The maximum Gasteiger partial charge on any atom is 0.269 e. The molecule has 6 N–H and O–H groups in total. The summed E-state index contributed by atoms with van der Waals surface area (Å²) in [5, 5.41) is 4.30. The van der Waals surface area contributed by atoms with Crippen molar-refractivity contribution in [3.8, 4) is 11.4 Å². The molecule has 0 spiro atoms. The molecule has 1 aromatic heterocycles. The monoisotopic (exact) mass is 351 g/mol. The molecule has 2 aromatic rings. The van der Waals surface area contributed by atoms with Crippen molar-refractivity contribution in [2.75, 3.05) is 12.3 Å². The molecule has 0 aliphatic rings. The van der Waals surface area contributed by atoms with Crippen molar-refractivity contribution in [3.05, 3.63) is 34.9 Å². The third-order valence-corrected chi connectivity index (χ3v) is 3.57. The van der Waals surface area contributed by atoms with Gasteiger partial charge in [0, 0.05) is 6.54 Å². The van der Waals surface area contributed by atoms with E-state index in [0.717, 1.165) is 4.68 Å². The van der Waals surface area contributed by atoms with E-state index in [1.54, 1.807) is 13.0 Å². The molecule has 138 valence electrons. The quantitative estimate of drug-likeness (QED) is 0.737. The first-order valence-electron chi connectivity index (χ1n) is 7.65. The van der Waals surface area contributed by atoms with Gasteiger partial charge >= 0.3 is 0 Å². The molecule has 1 aromatic carbocycles. The molecule has 0 unspecified atom stereocenters. The molecule has 7 nitrogen and oxygen atoms in total. The highest BCUT2D eigenvalue weighted by Gasteiger charge is 2.26. The van der Waals surface area contributed by atoms with Gasteiger partial charge in [0.1, 0.15) is 11.4 Å². The van der Waals surface area contributed by atoms with Crippen LogP contribution in [0.3, 0.4) is 0 Å². The average Bonchev–Trinajstić information content (AvgIpc) is 2.84. The molecule has 0 fully saturated rings. The summed E-state index contributed by atoms with van der Waals surface area (Å²) < 4.78 is 21.3. The maximum atomic E-state index is 14.7. The van der Waals surface area contributed by atoms with E-state index in [1.165, 1.54) is 6.07 Å². The van der Waals surface area contributed by atoms with Gasteiger partial charge in [-0.1, -0.05) is 21.3 Å². The second kappa shape index (κ2) is 7.98. The lowest BCUT2D eigenvalue weighted by Gasteiger charge is -2.14. The predicted octanol–water partition coefficient (Wildman–Crippen LogP) is 2.31. The number of carbonyl (C=O) groups excluding carboxylic acids is 1. The van der Waals surface area contributed by atoms with Crippen molar-refractivity contribution >= 4 is 11.6 Å². The zero-order chi connectivity index (χ0) is 18.0. The zero-order valence-corrected chi connectivity index (χ0v) is 14.0. The second-order valence-electron chi connectivity index (χ2n) is 5.64. The molecule has 0 atom stereocenters. The molecule has 0 saturated carbocycles.